The molecule has 0 saturated heterocycles. The second kappa shape index (κ2) is 7.42. The van der Waals surface area contributed by atoms with Crippen molar-refractivity contribution in [2.24, 2.45) is 0 Å². The molecule has 3 aromatic rings. The zero-order valence-electron chi connectivity index (χ0n) is 17.0. The van der Waals surface area contributed by atoms with Crippen LogP contribution in [0.5, 0.6) is 0 Å². The van der Waals surface area contributed by atoms with Crippen molar-refractivity contribution in [2.75, 3.05) is 0 Å². The highest BCUT2D eigenvalue weighted by Crippen LogP contribution is 2.33. The van der Waals surface area contributed by atoms with Gasteiger partial charge in [0.25, 0.3) is 5.91 Å². The van der Waals surface area contributed by atoms with Crippen LogP contribution in [0.4, 0.5) is 0 Å². The monoisotopic (exact) mass is 375 g/mol. The number of nitrogens with one attached hydrogen (secondary N) is 1. The average molecular weight is 376 g/mol. The van der Waals surface area contributed by atoms with E-state index in [2.05, 4.69) is 29.6 Å². The summed E-state index contributed by atoms with van der Waals surface area (Å²) in [6.07, 6.45) is 8.67. The number of amides is 1. The van der Waals surface area contributed by atoms with Crippen LogP contribution in [0.25, 0.3) is 16.6 Å². The molecule has 4 nitrogen and oxygen atoms in total. The van der Waals surface area contributed by atoms with Crippen LogP contribution in [-0.4, -0.2) is 21.2 Å². The summed E-state index contributed by atoms with van der Waals surface area (Å²) >= 11 is 0. The highest BCUT2D eigenvalue weighted by atomic mass is 16.1. The number of carbonyl (C=O) groups excluding carboxylic acids is 1. The second-order valence-electron chi connectivity index (χ2n) is 8.95. The third-order valence-corrected chi connectivity index (χ3v) is 5.50. The van der Waals surface area contributed by atoms with Gasteiger partial charge in [-0.1, -0.05) is 43.5 Å². The fourth-order valence-electron chi connectivity index (χ4n) is 4.10. The molecule has 0 spiro atoms. The smallest absolute Gasteiger partial charge is 0.253 e. The number of carbonyl (C=O) groups is 1. The van der Waals surface area contributed by atoms with Gasteiger partial charge >= 0.3 is 0 Å². The number of benzene rings is 2. The Morgan fingerprint density at radius 3 is 2.43 bits per heavy atom. The normalized spacial score (nSPS) is 15.7. The quantitative estimate of drug-likeness (QED) is 0.647. The molecule has 1 amide bonds. The van der Waals surface area contributed by atoms with E-state index in [1.807, 2.05) is 49.8 Å². The maximum atomic E-state index is 12.7. The van der Waals surface area contributed by atoms with Gasteiger partial charge in [0.15, 0.2) is 0 Å². The summed E-state index contributed by atoms with van der Waals surface area (Å²) < 4.78 is 1.88. The molecular formula is C24H29N3O. The van der Waals surface area contributed by atoms with Gasteiger partial charge in [0, 0.05) is 17.1 Å². The van der Waals surface area contributed by atoms with Gasteiger partial charge in [0.05, 0.1) is 11.3 Å². The number of fused-ring (bicyclic) bond motifs is 1. The SMILES string of the molecule is CC(C)(C)NC(=O)c1cccc2cn(-c3ccc(C4CCCCC4)cc3)nc12. The lowest BCUT2D eigenvalue weighted by Gasteiger charge is -2.22. The van der Waals surface area contributed by atoms with Crippen molar-refractivity contribution < 1.29 is 4.79 Å². The Morgan fingerprint density at radius 1 is 1.04 bits per heavy atom. The zero-order valence-corrected chi connectivity index (χ0v) is 17.0. The first-order chi connectivity index (χ1) is 13.4. The standard InChI is InChI=1S/C24H29N3O/c1-24(2,3)25-23(28)21-11-7-10-19-16-27(26-22(19)21)20-14-12-18(13-15-20)17-8-5-4-6-9-17/h7,10-17H,4-6,8-9H2,1-3H3,(H,25,28). The minimum absolute atomic E-state index is 0.0870. The molecule has 1 heterocycles. The summed E-state index contributed by atoms with van der Waals surface area (Å²) in [5.74, 6) is 0.614. The highest BCUT2D eigenvalue weighted by molar-refractivity contribution is 6.05. The van der Waals surface area contributed by atoms with E-state index in [-0.39, 0.29) is 11.4 Å². The molecule has 2 aromatic carbocycles. The van der Waals surface area contributed by atoms with Crippen LogP contribution in [0.2, 0.25) is 0 Å². The number of aromatic nitrogens is 2. The molecule has 1 fully saturated rings. The third-order valence-electron chi connectivity index (χ3n) is 5.50. The van der Waals surface area contributed by atoms with Gasteiger partial charge in [-0.3, -0.25) is 4.79 Å². The Morgan fingerprint density at radius 2 is 1.75 bits per heavy atom. The first-order valence-electron chi connectivity index (χ1n) is 10.3. The molecule has 4 rings (SSSR count). The summed E-state index contributed by atoms with van der Waals surface area (Å²) in [4.78, 5) is 12.7. The molecule has 0 atom stereocenters. The molecule has 28 heavy (non-hydrogen) atoms. The van der Waals surface area contributed by atoms with Crippen molar-refractivity contribution >= 4 is 16.8 Å². The third kappa shape index (κ3) is 3.96. The van der Waals surface area contributed by atoms with E-state index in [0.717, 1.165) is 16.6 Å². The van der Waals surface area contributed by atoms with E-state index in [1.165, 1.54) is 37.7 Å². The van der Waals surface area contributed by atoms with Crippen LogP contribution in [0, 0.1) is 0 Å². The van der Waals surface area contributed by atoms with Crippen LogP contribution in [0.15, 0.2) is 48.7 Å². The van der Waals surface area contributed by atoms with Crippen LogP contribution in [-0.2, 0) is 0 Å². The van der Waals surface area contributed by atoms with Crippen molar-refractivity contribution in [2.45, 2.75) is 64.3 Å². The summed E-state index contributed by atoms with van der Waals surface area (Å²) in [5, 5.41) is 8.73. The van der Waals surface area contributed by atoms with Gasteiger partial charge in [-0.2, -0.15) is 5.10 Å². The predicted octanol–water partition coefficient (Wildman–Crippen LogP) is 5.60. The Labute approximate surface area is 166 Å². The van der Waals surface area contributed by atoms with Crippen LogP contribution >= 0.6 is 0 Å². The Kier molecular flexibility index (Phi) is 4.96. The van der Waals surface area contributed by atoms with E-state index < -0.39 is 0 Å². The van der Waals surface area contributed by atoms with Crippen molar-refractivity contribution in [1.29, 1.82) is 0 Å². The lowest BCUT2D eigenvalue weighted by Crippen LogP contribution is -2.40. The fraction of sp³-hybridized carbons (Fsp3) is 0.417. The molecule has 1 saturated carbocycles. The van der Waals surface area contributed by atoms with E-state index in [9.17, 15) is 4.79 Å². The van der Waals surface area contributed by atoms with Crippen molar-refractivity contribution in [3.8, 4) is 5.69 Å². The van der Waals surface area contributed by atoms with Gasteiger partial charge in [-0.05, 0) is 63.3 Å². The number of hydrogen-bond acceptors (Lipinski definition) is 2. The minimum Gasteiger partial charge on any atom is -0.347 e. The minimum atomic E-state index is -0.281. The second-order valence-corrected chi connectivity index (χ2v) is 8.95. The summed E-state index contributed by atoms with van der Waals surface area (Å²) in [6, 6.07) is 14.5. The Hall–Kier alpha value is -2.62. The Balaban J connectivity index is 1.63. The van der Waals surface area contributed by atoms with Crippen molar-refractivity contribution in [3.05, 3.63) is 59.8 Å². The highest BCUT2D eigenvalue weighted by Gasteiger charge is 2.19. The molecule has 146 valence electrons. The maximum Gasteiger partial charge on any atom is 0.253 e. The molecule has 4 heteroatoms. The van der Waals surface area contributed by atoms with E-state index in [0.29, 0.717) is 11.5 Å². The first kappa shape index (κ1) is 18.7. The molecule has 0 radical (unpaired) electrons. The van der Waals surface area contributed by atoms with Gasteiger partial charge in [0.1, 0.15) is 5.52 Å². The predicted molar refractivity (Wildman–Crippen MR) is 114 cm³/mol. The van der Waals surface area contributed by atoms with Crippen LogP contribution in [0.1, 0.15) is 74.7 Å². The molecule has 0 bridgehead atoms. The fourth-order valence-corrected chi connectivity index (χ4v) is 4.10. The van der Waals surface area contributed by atoms with Gasteiger partial charge in [-0.25, -0.2) is 4.68 Å². The van der Waals surface area contributed by atoms with E-state index >= 15 is 0 Å². The molecule has 1 aromatic heterocycles. The molecule has 1 aliphatic rings. The molecular weight excluding hydrogens is 346 g/mol. The van der Waals surface area contributed by atoms with Gasteiger partial charge in [0.2, 0.25) is 0 Å². The lowest BCUT2D eigenvalue weighted by atomic mass is 9.84. The van der Waals surface area contributed by atoms with Crippen LogP contribution in [0.3, 0.4) is 0 Å². The van der Waals surface area contributed by atoms with E-state index in [1.54, 1.807) is 0 Å². The average Bonchev–Trinajstić information content (AvgIpc) is 3.12. The number of nitrogens with zero attached hydrogens (tertiary/aromatic N) is 2. The summed E-state index contributed by atoms with van der Waals surface area (Å²) in [6.45, 7) is 5.95. The number of hydrogen-bond donors (Lipinski definition) is 1. The summed E-state index contributed by atoms with van der Waals surface area (Å²) in [7, 11) is 0. The van der Waals surface area contributed by atoms with Gasteiger partial charge < -0.3 is 5.32 Å². The van der Waals surface area contributed by atoms with Crippen LogP contribution < -0.4 is 5.32 Å². The largest absolute Gasteiger partial charge is 0.347 e. The summed E-state index contributed by atoms with van der Waals surface area (Å²) in [5.41, 5.74) is 3.53. The molecule has 0 unspecified atom stereocenters. The number of rotatable bonds is 3. The maximum absolute atomic E-state index is 12.7. The van der Waals surface area contributed by atoms with E-state index in [4.69, 9.17) is 5.10 Å². The molecule has 1 N–H and O–H groups in total. The Bertz CT molecular complexity index is 973. The first-order valence-corrected chi connectivity index (χ1v) is 10.3. The zero-order chi connectivity index (χ0) is 19.7. The topological polar surface area (TPSA) is 46.9 Å². The van der Waals surface area contributed by atoms with Gasteiger partial charge in [-0.15, -0.1) is 0 Å². The van der Waals surface area contributed by atoms with Crippen molar-refractivity contribution in [3.63, 3.8) is 0 Å². The molecule has 0 aliphatic heterocycles. The molecule has 1 aliphatic carbocycles. The lowest BCUT2D eigenvalue weighted by molar-refractivity contribution is 0.0921. The van der Waals surface area contributed by atoms with Crippen molar-refractivity contribution in [1.82, 2.24) is 15.1 Å².